The van der Waals surface area contributed by atoms with Crippen LogP contribution in [0.2, 0.25) is 0 Å². The Kier molecular flexibility index (Phi) is 4.08. The van der Waals surface area contributed by atoms with Gasteiger partial charge >= 0.3 is 0 Å². The molecular weight excluding hydrogens is 398 g/mol. The molecule has 0 bridgehead atoms. The number of thiophene rings is 1. The zero-order valence-electron chi connectivity index (χ0n) is 16.3. The van der Waals surface area contributed by atoms with E-state index in [2.05, 4.69) is 10.5 Å². The third-order valence-electron chi connectivity index (χ3n) is 5.51. The maximum Gasteiger partial charge on any atom is 0.259 e. The molecule has 0 spiro atoms. The first-order valence-corrected chi connectivity index (χ1v) is 10.2. The zero-order chi connectivity index (χ0) is 21.0. The van der Waals surface area contributed by atoms with Gasteiger partial charge in [0.25, 0.3) is 11.8 Å². The molecule has 30 heavy (non-hydrogen) atoms. The van der Waals surface area contributed by atoms with Crippen molar-refractivity contribution in [2.75, 3.05) is 0 Å². The third kappa shape index (κ3) is 2.59. The van der Waals surface area contributed by atoms with Crippen molar-refractivity contribution in [3.63, 3.8) is 0 Å². The summed E-state index contributed by atoms with van der Waals surface area (Å²) in [5, 5.41) is 18.6. The summed E-state index contributed by atoms with van der Waals surface area (Å²) < 4.78 is 2.97. The van der Waals surface area contributed by atoms with Gasteiger partial charge in [-0.1, -0.05) is 35.5 Å². The molecule has 2 aromatic heterocycles. The molecule has 0 unspecified atom stereocenters. The van der Waals surface area contributed by atoms with Crippen LogP contribution in [0.1, 0.15) is 23.6 Å². The fourth-order valence-corrected chi connectivity index (χ4v) is 4.96. The number of amides is 2. The van der Waals surface area contributed by atoms with Crippen LogP contribution >= 0.6 is 11.3 Å². The highest BCUT2D eigenvalue weighted by molar-refractivity contribution is 7.17. The number of hydrogen-bond donors (Lipinski definition) is 2. The summed E-state index contributed by atoms with van der Waals surface area (Å²) in [7, 11) is 1.88. The Bertz CT molecular complexity index is 1440. The van der Waals surface area contributed by atoms with Crippen LogP contribution in [0.5, 0.6) is 0 Å². The summed E-state index contributed by atoms with van der Waals surface area (Å²) in [6.07, 6.45) is 1.86. The highest BCUT2D eigenvalue weighted by Crippen LogP contribution is 2.40. The van der Waals surface area contributed by atoms with Gasteiger partial charge in [0.05, 0.1) is 16.9 Å². The summed E-state index contributed by atoms with van der Waals surface area (Å²) >= 11 is 1.55. The monoisotopic (exact) mass is 415 g/mol. The van der Waals surface area contributed by atoms with E-state index in [-0.39, 0.29) is 5.91 Å². The molecule has 0 aliphatic carbocycles. The molecule has 2 N–H and O–H groups in total. The minimum absolute atomic E-state index is 0.379. The van der Waals surface area contributed by atoms with E-state index in [9.17, 15) is 9.59 Å². The highest BCUT2D eigenvalue weighted by Gasteiger charge is 2.34. The van der Waals surface area contributed by atoms with E-state index in [0.717, 1.165) is 32.1 Å². The third-order valence-corrected chi connectivity index (χ3v) is 6.47. The number of nitrogens with zero attached hydrogens (tertiary/aromatic N) is 2. The van der Waals surface area contributed by atoms with Crippen molar-refractivity contribution in [1.29, 1.82) is 0 Å². The fraction of sp³-hybridized carbons (Fsp3) is 0.0870. The van der Waals surface area contributed by atoms with E-state index in [4.69, 9.17) is 5.21 Å². The van der Waals surface area contributed by atoms with Crippen LogP contribution in [0.3, 0.4) is 0 Å². The number of aromatic nitrogens is 1. The fourth-order valence-electron chi connectivity index (χ4n) is 4.01. The van der Waals surface area contributed by atoms with Crippen molar-refractivity contribution in [3.05, 3.63) is 70.7 Å². The molecule has 0 fully saturated rings. The van der Waals surface area contributed by atoms with Gasteiger partial charge in [0, 0.05) is 56.3 Å². The van der Waals surface area contributed by atoms with Gasteiger partial charge in [0.2, 0.25) is 0 Å². The largest absolute Gasteiger partial charge is 0.411 e. The summed E-state index contributed by atoms with van der Waals surface area (Å²) in [5.74, 6) is -0.773. The first kappa shape index (κ1) is 18.3. The molecule has 0 saturated heterocycles. The van der Waals surface area contributed by atoms with E-state index >= 15 is 0 Å². The Morgan fingerprint density at radius 3 is 2.53 bits per heavy atom. The standard InChI is InChI=1S/C23H17N3O3S/c1-12(25-29)13-7-8-14-16(10-26(2)18(14)9-13)20-21(23(28)24-22(20)27)17-11-30-19-6-4-3-5-15(17)19/h3-11,29H,1-2H3,(H,24,27,28)/b25-12-. The van der Waals surface area contributed by atoms with Crippen LogP contribution in [-0.2, 0) is 16.6 Å². The van der Waals surface area contributed by atoms with Crippen molar-refractivity contribution >= 4 is 61.0 Å². The maximum atomic E-state index is 12.9. The molecule has 7 heteroatoms. The molecule has 1 aliphatic heterocycles. The Balaban J connectivity index is 1.80. The number of oxime groups is 1. The number of fused-ring (bicyclic) bond motifs is 2. The van der Waals surface area contributed by atoms with Crippen molar-refractivity contribution in [2.24, 2.45) is 12.2 Å². The van der Waals surface area contributed by atoms with Crippen molar-refractivity contribution in [1.82, 2.24) is 9.88 Å². The van der Waals surface area contributed by atoms with Crippen LogP contribution < -0.4 is 5.32 Å². The molecule has 148 valence electrons. The van der Waals surface area contributed by atoms with Gasteiger partial charge in [-0.2, -0.15) is 0 Å². The molecule has 5 rings (SSSR count). The van der Waals surface area contributed by atoms with Gasteiger partial charge in [-0.05, 0) is 19.1 Å². The Morgan fingerprint density at radius 1 is 1.03 bits per heavy atom. The first-order chi connectivity index (χ1) is 14.5. The number of benzene rings is 2. The normalized spacial score (nSPS) is 14.9. The Hall–Kier alpha value is -3.71. The molecule has 2 amide bonds. The number of nitrogens with one attached hydrogen (secondary N) is 1. The average Bonchev–Trinajstić information content (AvgIpc) is 3.40. The lowest BCUT2D eigenvalue weighted by Gasteiger charge is -2.04. The smallest absolute Gasteiger partial charge is 0.259 e. The number of imide groups is 1. The van der Waals surface area contributed by atoms with Crippen LogP contribution in [0, 0.1) is 0 Å². The molecule has 0 saturated carbocycles. The molecule has 1 aliphatic rings. The second kappa shape index (κ2) is 6.67. The Labute approximate surface area is 175 Å². The van der Waals surface area contributed by atoms with Crippen molar-refractivity contribution < 1.29 is 14.8 Å². The predicted octanol–water partition coefficient (Wildman–Crippen LogP) is 4.16. The van der Waals surface area contributed by atoms with E-state index < -0.39 is 5.91 Å². The lowest BCUT2D eigenvalue weighted by atomic mass is 9.95. The van der Waals surface area contributed by atoms with Crippen LogP contribution in [0.25, 0.3) is 32.1 Å². The van der Waals surface area contributed by atoms with E-state index in [1.165, 1.54) is 0 Å². The predicted molar refractivity (Wildman–Crippen MR) is 119 cm³/mol. The molecule has 0 radical (unpaired) electrons. The molecule has 0 atom stereocenters. The van der Waals surface area contributed by atoms with Gasteiger partial charge < -0.3 is 9.77 Å². The quantitative estimate of drug-likeness (QED) is 0.228. The lowest BCUT2D eigenvalue weighted by Crippen LogP contribution is -2.22. The van der Waals surface area contributed by atoms with Gasteiger partial charge in [-0.25, -0.2) is 0 Å². The number of aryl methyl sites for hydroxylation is 1. The maximum absolute atomic E-state index is 12.9. The SMILES string of the molecule is C/C(=N/O)c1ccc2c(C3=C(c4csc5ccccc45)C(=O)NC3=O)cn(C)c2c1. The summed E-state index contributed by atoms with van der Waals surface area (Å²) in [6.45, 7) is 1.72. The number of carbonyl (C=O) groups is 2. The van der Waals surface area contributed by atoms with Gasteiger partial charge in [-0.3, -0.25) is 14.9 Å². The first-order valence-electron chi connectivity index (χ1n) is 9.34. The topological polar surface area (TPSA) is 83.7 Å². The second-order valence-corrected chi connectivity index (χ2v) is 8.16. The molecule has 6 nitrogen and oxygen atoms in total. The number of carbonyl (C=O) groups excluding carboxylic acids is 2. The van der Waals surface area contributed by atoms with Gasteiger partial charge in [0.1, 0.15) is 0 Å². The number of hydrogen-bond acceptors (Lipinski definition) is 5. The van der Waals surface area contributed by atoms with E-state index in [1.807, 2.05) is 65.7 Å². The minimum Gasteiger partial charge on any atom is -0.411 e. The van der Waals surface area contributed by atoms with E-state index in [0.29, 0.717) is 22.4 Å². The Morgan fingerprint density at radius 2 is 1.77 bits per heavy atom. The summed E-state index contributed by atoms with van der Waals surface area (Å²) in [4.78, 5) is 25.7. The number of rotatable bonds is 3. The zero-order valence-corrected chi connectivity index (χ0v) is 17.1. The van der Waals surface area contributed by atoms with Crippen LogP contribution in [0.15, 0.2) is 59.2 Å². The summed E-state index contributed by atoms with van der Waals surface area (Å²) in [6, 6.07) is 13.5. The van der Waals surface area contributed by atoms with Crippen molar-refractivity contribution in [2.45, 2.75) is 6.92 Å². The minimum atomic E-state index is -0.394. The van der Waals surface area contributed by atoms with Crippen molar-refractivity contribution in [3.8, 4) is 0 Å². The van der Waals surface area contributed by atoms with Gasteiger partial charge in [-0.15, -0.1) is 11.3 Å². The van der Waals surface area contributed by atoms with Gasteiger partial charge in [0.15, 0.2) is 0 Å². The molecule has 2 aromatic carbocycles. The van der Waals surface area contributed by atoms with Crippen LogP contribution in [-0.4, -0.2) is 27.3 Å². The highest BCUT2D eigenvalue weighted by atomic mass is 32.1. The second-order valence-electron chi connectivity index (χ2n) is 7.25. The molecule has 4 aromatic rings. The molecule has 3 heterocycles. The lowest BCUT2D eigenvalue weighted by molar-refractivity contribution is -0.122. The molecular formula is C23H17N3O3S. The average molecular weight is 415 g/mol. The van der Waals surface area contributed by atoms with Crippen LogP contribution in [0.4, 0.5) is 0 Å². The summed E-state index contributed by atoms with van der Waals surface area (Å²) in [5.41, 5.74) is 4.41. The van der Waals surface area contributed by atoms with E-state index in [1.54, 1.807) is 18.3 Å².